The minimum absolute atomic E-state index is 0.0658. The number of tetrazole rings is 1. The Hall–Kier alpha value is -4.62. The van der Waals surface area contributed by atoms with E-state index < -0.39 is 22.0 Å². The van der Waals surface area contributed by atoms with Crippen molar-refractivity contribution < 1.29 is 18.0 Å². The number of hydrogen-bond donors (Lipinski definition) is 3. The van der Waals surface area contributed by atoms with Gasteiger partial charge in [0.25, 0.3) is 11.9 Å². The molecule has 224 valence electrons. The summed E-state index contributed by atoms with van der Waals surface area (Å²) in [4.78, 5) is 27.9. The van der Waals surface area contributed by atoms with Gasteiger partial charge in [-0.2, -0.15) is 5.21 Å². The van der Waals surface area contributed by atoms with Crippen molar-refractivity contribution in [3.63, 3.8) is 0 Å². The summed E-state index contributed by atoms with van der Waals surface area (Å²) >= 11 is 0. The number of carbonyl (C=O) groups is 2. The van der Waals surface area contributed by atoms with Crippen LogP contribution in [0.15, 0.2) is 77.7 Å². The molecule has 0 spiro atoms. The zero-order valence-electron chi connectivity index (χ0n) is 24.0. The second-order valence-corrected chi connectivity index (χ2v) is 12.8. The highest BCUT2D eigenvalue weighted by Crippen LogP contribution is 2.33. The van der Waals surface area contributed by atoms with Crippen molar-refractivity contribution in [3.05, 3.63) is 89.5 Å². The van der Waals surface area contributed by atoms with Crippen LogP contribution in [0.5, 0.6) is 0 Å². The van der Waals surface area contributed by atoms with Crippen LogP contribution in [0.2, 0.25) is 0 Å². The SMILES string of the molecule is CN(C)S(=O)(=O)c1cccc(NC(=O)N(Cc2ccc(C(=O)Nc3nn[nH]n3)cc2)c2ccc(C3CCCCC3)cc2)c1. The van der Waals surface area contributed by atoms with Crippen LogP contribution < -0.4 is 15.5 Å². The highest BCUT2D eigenvalue weighted by atomic mass is 32.2. The van der Waals surface area contributed by atoms with Crippen molar-refractivity contribution >= 4 is 39.3 Å². The number of nitrogens with one attached hydrogen (secondary N) is 3. The first-order valence-corrected chi connectivity index (χ1v) is 15.5. The van der Waals surface area contributed by atoms with Gasteiger partial charge in [-0.05, 0) is 77.6 Å². The molecule has 12 nitrogen and oxygen atoms in total. The number of urea groups is 1. The maximum atomic E-state index is 13.7. The Labute approximate surface area is 250 Å². The second-order valence-electron chi connectivity index (χ2n) is 10.6. The molecule has 1 heterocycles. The molecule has 0 aliphatic heterocycles. The Morgan fingerprint density at radius 3 is 2.30 bits per heavy atom. The van der Waals surface area contributed by atoms with E-state index in [1.807, 2.05) is 12.1 Å². The molecule has 1 aliphatic carbocycles. The zero-order valence-corrected chi connectivity index (χ0v) is 24.8. The summed E-state index contributed by atoms with van der Waals surface area (Å²) in [6.07, 6.45) is 6.07. The Morgan fingerprint density at radius 1 is 0.930 bits per heavy atom. The van der Waals surface area contributed by atoms with E-state index in [1.165, 1.54) is 63.9 Å². The molecule has 1 saturated carbocycles. The Morgan fingerprint density at radius 2 is 1.65 bits per heavy atom. The fourth-order valence-corrected chi connectivity index (χ4v) is 6.06. The van der Waals surface area contributed by atoms with Crippen LogP contribution >= 0.6 is 0 Å². The number of benzene rings is 3. The van der Waals surface area contributed by atoms with Crippen LogP contribution in [0.4, 0.5) is 22.1 Å². The predicted octanol–water partition coefficient (Wildman–Crippen LogP) is 4.99. The standard InChI is InChI=1S/C30H34N8O4S/c1-37(2)43(41,42)27-10-6-9-25(19-27)31-30(40)38(26-17-15-23(16-18-26)22-7-4-3-5-8-22)20-21-11-13-24(14-12-21)28(39)32-29-33-35-36-34-29/h6,9-19,22H,3-5,7-8,20H2,1-2H3,(H,31,40)(H2,32,33,34,35,36,39). The molecule has 0 bridgehead atoms. The van der Waals surface area contributed by atoms with E-state index in [2.05, 4.69) is 43.4 Å². The molecule has 1 aromatic heterocycles. The van der Waals surface area contributed by atoms with Gasteiger partial charge in [0.1, 0.15) is 0 Å². The summed E-state index contributed by atoms with van der Waals surface area (Å²) in [7, 11) is -0.761. The topological polar surface area (TPSA) is 153 Å². The first-order valence-electron chi connectivity index (χ1n) is 14.1. The van der Waals surface area contributed by atoms with Gasteiger partial charge in [-0.3, -0.25) is 15.0 Å². The third kappa shape index (κ3) is 7.24. The van der Waals surface area contributed by atoms with E-state index in [9.17, 15) is 18.0 Å². The number of rotatable bonds is 9. The van der Waals surface area contributed by atoms with Crippen molar-refractivity contribution in [3.8, 4) is 0 Å². The smallest absolute Gasteiger partial charge is 0.307 e. The van der Waals surface area contributed by atoms with Gasteiger partial charge in [0.2, 0.25) is 10.0 Å². The lowest BCUT2D eigenvalue weighted by Gasteiger charge is -2.26. The van der Waals surface area contributed by atoms with Crippen LogP contribution in [0.3, 0.4) is 0 Å². The van der Waals surface area contributed by atoms with E-state index in [0.717, 1.165) is 9.87 Å². The molecule has 1 aliphatic rings. The number of carbonyl (C=O) groups excluding carboxylic acids is 2. The van der Waals surface area contributed by atoms with Crippen molar-refractivity contribution in [2.24, 2.45) is 0 Å². The normalized spacial score (nSPS) is 13.9. The summed E-state index contributed by atoms with van der Waals surface area (Å²) in [5.41, 5.74) is 3.48. The summed E-state index contributed by atoms with van der Waals surface area (Å²) in [5, 5.41) is 18.6. The van der Waals surface area contributed by atoms with Crippen LogP contribution in [-0.4, -0.2) is 59.4 Å². The maximum Gasteiger partial charge on any atom is 0.326 e. The lowest BCUT2D eigenvalue weighted by atomic mass is 9.84. The molecule has 3 aromatic carbocycles. The van der Waals surface area contributed by atoms with Gasteiger partial charge in [-0.1, -0.05) is 54.7 Å². The number of anilines is 3. The summed E-state index contributed by atoms with van der Waals surface area (Å²) in [6, 6.07) is 20.7. The number of aromatic nitrogens is 4. The second kappa shape index (κ2) is 13.1. The Bertz CT molecular complexity index is 1650. The lowest BCUT2D eigenvalue weighted by Crippen LogP contribution is -2.34. The molecule has 0 saturated heterocycles. The summed E-state index contributed by atoms with van der Waals surface area (Å²) in [6.45, 7) is 0.205. The number of H-pyrrole nitrogens is 1. The van der Waals surface area contributed by atoms with Gasteiger partial charge in [-0.25, -0.2) is 17.5 Å². The fourth-order valence-electron chi connectivity index (χ4n) is 5.11. The van der Waals surface area contributed by atoms with Gasteiger partial charge in [0.15, 0.2) is 0 Å². The van der Waals surface area contributed by atoms with Crippen molar-refractivity contribution in [2.45, 2.75) is 49.5 Å². The molecule has 4 aromatic rings. The summed E-state index contributed by atoms with van der Waals surface area (Å²) < 4.78 is 26.4. The fraction of sp³-hybridized carbons (Fsp3) is 0.300. The van der Waals surface area contributed by atoms with Crippen LogP contribution in [0.25, 0.3) is 0 Å². The molecule has 3 amide bonds. The third-order valence-electron chi connectivity index (χ3n) is 7.52. The predicted molar refractivity (Wildman–Crippen MR) is 163 cm³/mol. The molecular formula is C30H34N8O4S. The molecule has 13 heteroatoms. The first kappa shape index (κ1) is 29.9. The van der Waals surface area contributed by atoms with Gasteiger partial charge >= 0.3 is 6.03 Å². The van der Waals surface area contributed by atoms with Gasteiger partial charge in [0.05, 0.1) is 11.4 Å². The number of hydrogen-bond acceptors (Lipinski definition) is 7. The van der Waals surface area contributed by atoms with E-state index in [1.54, 1.807) is 41.3 Å². The van der Waals surface area contributed by atoms with Gasteiger partial charge in [-0.15, -0.1) is 5.10 Å². The average Bonchev–Trinajstić information content (AvgIpc) is 3.54. The highest BCUT2D eigenvalue weighted by Gasteiger charge is 2.22. The van der Waals surface area contributed by atoms with Gasteiger partial charge in [0, 0.05) is 31.0 Å². The van der Waals surface area contributed by atoms with E-state index >= 15 is 0 Å². The number of amides is 3. The molecule has 1 fully saturated rings. The van der Waals surface area contributed by atoms with Crippen molar-refractivity contribution in [2.75, 3.05) is 29.6 Å². The minimum atomic E-state index is -3.68. The largest absolute Gasteiger partial charge is 0.326 e. The number of aromatic amines is 1. The van der Waals surface area contributed by atoms with Crippen LogP contribution in [-0.2, 0) is 16.6 Å². The first-order chi connectivity index (χ1) is 20.7. The molecule has 0 atom stereocenters. The molecular weight excluding hydrogens is 568 g/mol. The molecule has 3 N–H and O–H groups in total. The quantitative estimate of drug-likeness (QED) is 0.244. The zero-order chi connectivity index (χ0) is 30.4. The number of sulfonamides is 1. The molecule has 5 rings (SSSR count). The van der Waals surface area contributed by atoms with E-state index in [-0.39, 0.29) is 17.4 Å². The molecule has 0 unspecified atom stereocenters. The molecule has 0 radical (unpaired) electrons. The average molecular weight is 603 g/mol. The van der Waals surface area contributed by atoms with Crippen LogP contribution in [0, 0.1) is 0 Å². The third-order valence-corrected chi connectivity index (χ3v) is 9.33. The lowest BCUT2D eigenvalue weighted by molar-refractivity contribution is 0.102. The monoisotopic (exact) mass is 602 g/mol. The Balaban J connectivity index is 1.38. The minimum Gasteiger partial charge on any atom is -0.307 e. The maximum absolute atomic E-state index is 13.7. The summed E-state index contributed by atoms with van der Waals surface area (Å²) in [5.74, 6) is 0.196. The van der Waals surface area contributed by atoms with Gasteiger partial charge < -0.3 is 5.32 Å². The number of nitrogens with zero attached hydrogens (tertiary/aromatic N) is 5. The Kier molecular flexibility index (Phi) is 9.12. The highest BCUT2D eigenvalue weighted by molar-refractivity contribution is 7.89. The molecule has 43 heavy (non-hydrogen) atoms. The van der Waals surface area contributed by atoms with Crippen molar-refractivity contribution in [1.82, 2.24) is 24.9 Å². The van der Waals surface area contributed by atoms with E-state index in [0.29, 0.717) is 22.9 Å². The van der Waals surface area contributed by atoms with E-state index in [4.69, 9.17) is 0 Å². The van der Waals surface area contributed by atoms with Crippen LogP contribution in [0.1, 0.15) is 59.5 Å². The van der Waals surface area contributed by atoms with Crippen molar-refractivity contribution in [1.29, 1.82) is 0 Å².